The lowest BCUT2D eigenvalue weighted by atomic mass is 10.0. The predicted molar refractivity (Wildman–Crippen MR) is 61.9 cm³/mol. The average molecular weight is 327 g/mol. The Hall–Kier alpha value is -0.530. The van der Waals surface area contributed by atoms with Gasteiger partial charge in [-0.15, -0.1) is 0 Å². The first kappa shape index (κ1) is 12.5. The van der Waals surface area contributed by atoms with E-state index in [9.17, 15) is 9.59 Å². The lowest BCUT2D eigenvalue weighted by molar-refractivity contribution is -0.141. The molecule has 0 unspecified atom stereocenters. The van der Waals surface area contributed by atoms with Gasteiger partial charge < -0.3 is 14.8 Å². The number of hydrogen-bond acceptors (Lipinski definition) is 4. The summed E-state index contributed by atoms with van der Waals surface area (Å²) in [4.78, 5) is 22.2. The number of carbonyl (C=O) groups excluding carboxylic acids is 2. The van der Waals surface area contributed by atoms with E-state index < -0.39 is 6.09 Å². The van der Waals surface area contributed by atoms with Crippen LogP contribution in [0.3, 0.4) is 0 Å². The number of carbonyl (C=O) groups is 2. The van der Waals surface area contributed by atoms with Crippen LogP contribution in [0.4, 0.5) is 4.79 Å². The first-order valence-electron chi connectivity index (χ1n) is 4.71. The summed E-state index contributed by atoms with van der Waals surface area (Å²) in [7, 11) is 1.34. The highest BCUT2D eigenvalue weighted by atomic mass is 127. The molecule has 3 atom stereocenters. The summed E-state index contributed by atoms with van der Waals surface area (Å²) in [6, 6.07) is -0.180. The Labute approximate surface area is 102 Å². The molecule has 0 aliphatic carbocycles. The fourth-order valence-corrected chi connectivity index (χ4v) is 1.87. The van der Waals surface area contributed by atoms with Gasteiger partial charge in [0.2, 0.25) is 0 Å². The highest BCUT2D eigenvalue weighted by molar-refractivity contribution is 14.1. The number of esters is 1. The van der Waals surface area contributed by atoms with Crippen molar-refractivity contribution in [3.8, 4) is 0 Å². The summed E-state index contributed by atoms with van der Waals surface area (Å²) < 4.78 is 9.86. The van der Waals surface area contributed by atoms with Crippen LogP contribution in [0.15, 0.2) is 0 Å². The summed E-state index contributed by atoms with van der Waals surface area (Å²) in [5.41, 5.74) is 0. The van der Waals surface area contributed by atoms with Gasteiger partial charge in [-0.3, -0.25) is 4.79 Å². The van der Waals surface area contributed by atoms with E-state index in [1.54, 1.807) is 0 Å². The Bertz CT molecular complexity index is 256. The molecule has 0 radical (unpaired) electrons. The summed E-state index contributed by atoms with van der Waals surface area (Å²) in [6.45, 7) is 1.97. The zero-order chi connectivity index (χ0) is 11.4. The van der Waals surface area contributed by atoms with Gasteiger partial charge in [-0.25, -0.2) is 4.79 Å². The lowest BCUT2D eigenvalue weighted by Gasteiger charge is -2.31. The average Bonchev–Trinajstić information content (AvgIpc) is 2.16. The van der Waals surface area contributed by atoms with E-state index in [0.29, 0.717) is 6.42 Å². The van der Waals surface area contributed by atoms with Crippen molar-refractivity contribution in [2.45, 2.75) is 35.8 Å². The van der Waals surface area contributed by atoms with E-state index in [4.69, 9.17) is 4.74 Å². The third-order valence-electron chi connectivity index (χ3n) is 2.25. The molecule has 86 valence electrons. The number of rotatable bonds is 3. The Morgan fingerprint density at radius 2 is 2.47 bits per heavy atom. The number of methoxy groups -OCH3 is 1. The first-order valence-corrected chi connectivity index (χ1v) is 5.95. The molecule has 6 heteroatoms. The molecule has 1 amide bonds. The molecule has 1 rings (SSSR count). The van der Waals surface area contributed by atoms with Gasteiger partial charge in [0, 0.05) is 16.4 Å². The van der Waals surface area contributed by atoms with Crippen molar-refractivity contribution in [1.82, 2.24) is 5.32 Å². The van der Waals surface area contributed by atoms with E-state index in [0.717, 1.165) is 0 Å². The predicted octanol–water partition coefficient (Wildman–Crippen LogP) is 1.24. The summed E-state index contributed by atoms with van der Waals surface area (Å²) in [5, 5.41) is 2.60. The standard InChI is InChI=1S/C9H14INO4/c1-5(10)7-3-6(4-8(12)14-2)11-9(13)15-7/h5-7H,3-4H2,1-2H3,(H,11,13)/t5-,6-,7+/m1/s1. The number of nitrogens with one attached hydrogen (secondary N) is 1. The Morgan fingerprint density at radius 3 is 3.00 bits per heavy atom. The van der Waals surface area contributed by atoms with E-state index in [2.05, 4.69) is 32.6 Å². The fourth-order valence-electron chi connectivity index (χ4n) is 1.43. The maximum absolute atomic E-state index is 11.2. The van der Waals surface area contributed by atoms with Crippen molar-refractivity contribution < 1.29 is 19.1 Å². The van der Waals surface area contributed by atoms with Crippen LogP contribution in [-0.2, 0) is 14.3 Å². The van der Waals surface area contributed by atoms with Gasteiger partial charge in [0.15, 0.2) is 0 Å². The van der Waals surface area contributed by atoms with E-state index in [1.165, 1.54) is 7.11 Å². The van der Waals surface area contributed by atoms with Crippen LogP contribution >= 0.6 is 22.6 Å². The van der Waals surface area contributed by atoms with Crippen molar-refractivity contribution in [2.24, 2.45) is 0 Å². The Kier molecular flexibility index (Phi) is 4.62. The van der Waals surface area contributed by atoms with Gasteiger partial charge in [0.25, 0.3) is 0 Å². The molecule has 0 saturated carbocycles. The molecule has 0 spiro atoms. The van der Waals surface area contributed by atoms with Crippen LogP contribution in [0.1, 0.15) is 19.8 Å². The normalized spacial score (nSPS) is 27.5. The van der Waals surface area contributed by atoms with Crippen molar-refractivity contribution in [3.63, 3.8) is 0 Å². The van der Waals surface area contributed by atoms with Gasteiger partial charge in [-0.2, -0.15) is 0 Å². The second-order valence-electron chi connectivity index (χ2n) is 3.48. The van der Waals surface area contributed by atoms with Gasteiger partial charge in [-0.1, -0.05) is 22.6 Å². The number of halogens is 1. The summed E-state index contributed by atoms with van der Waals surface area (Å²) in [6.07, 6.45) is 0.258. The number of hydrogen-bond donors (Lipinski definition) is 1. The smallest absolute Gasteiger partial charge is 0.407 e. The second-order valence-corrected chi connectivity index (χ2v) is 5.44. The molecular formula is C9H14INO4. The number of amides is 1. The third kappa shape index (κ3) is 3.84. The van der Waals surface area contributed by atoms with Crippen molar-refractivity contribution in [3.05, 3.63) is 0 Å². The highest BCUT2D eigenvalue weighted by Crippen LogP contribution is 2.20. The molecule has 0 aromatic rings. The van der Waals surface area contributed by atoms with Crippen LogP contribution in [0.2, 0.25) is 0 Å². The van der Waals surface area contributed by atoms with Gasteiger partial charge in [0.05, 0.1) is 13.5 Å². The lowest BCUT2D eigenvalue weighted by Crippen LogP contribution is -2.48. The zero-order valence-electron chi connectivity index (χ0n) is 8.66. The van der Waals surface area contributed by atoms with Gasteiger partial charge in [-0.05, 0) is 6.92 Å². The maximum Gasteiger partial charge on any atom is 0.407 e. The highest BCUT2D eigenvalue weighted by Gasteiger charge is 2.31. The molecule has 15 heavy (non-hydrogen) atoms. The van der Waals surface area contributed by atoms with Crippen LogP contribution in [0.25, 0.3) is 0 Å². The molecule has 1 aliphatic rings. The number of alkyl halides is 1. The minimum atomic E-state index is -0.455. The number of cyclic esters (lactones) is 1. The van der Waals surface area contributed by atoms with Crippen molar-refractivity contribution >= 4 is 34.7 Å². The molecule has 1 fully saturated rings. The largest absolute Gasteiger partial charge is 0.469 e. The van der Waals surface area contributed by atoms with Crippen LogP contribution < -0.4 is 5.32 Å². The van der Waals surface area contributed by atoms with Crippen LogP contribution in [0, 0.1) is 0 Å². The number of ether oxygens (including phenoxy) is 2. The molecule has 1 aliphatic heterocycles. The van der Waals surface area contributed by atoms with E-state index >= 15 is 0 Å². The summed E-state index contributed by atoms with van der Waals surface area (Å²) >= 11 is 2.20. The Morgan fingerprint density at radius 1 is 1.80 bits per heavy atom. The first-order chi connectivity index (χ1) is 7.02. The minimum absolute atomic E-state index is 0.131. The van der Waals surface area contributed by atoms with E-state index in [-0.39, 0.29) is 28.5 Å². The molecule has 0 aromatic heterocycles. The quantitative estimate of drug-likeness (QED) is 0.481. The van der Waals surface area contributed by atoms with Crippen LogP contribution in [0.5, 0.6) is 0 Å². The molecule has 1 heterocycles. The van der Waals surface area contributed by atoms with Crippen molar-refractivity contribution in [1.29, 1.82) is 0 Å². The summed E-state index contributed by atoms with van der Waals surface area (Å²) in [5.74, 6) is -0.318. The van der Waals surface area contributed by atoms with Crippen molar-refractivity contribution in [2.75, 3.05) is 7.11 Å². The molecular weight excluding hydrogens is 313 g/mol. The SMILES string of the molecule is COC(=O)C[C@H]1C[C@@H]([C@@H](C)I)OC(=O)N1. The second kappa shape index (κ2) is 5.53. The maximum atomic E-state index is 11.2. The Balaban J connectivity index is 2.51. The topological polar surface area (TPSA) is 64.6 Å². The molecule has 0 aromatic carbocycles. The fraction of sp³-hybridized carbons (Fsp3) is 0.778. The van der Waals surface area contributed by atoms with Gasteiger partial charge in [0.1, 0.15) is 6.10 Å². The zero-order valence-corrected chi connectivity index (χ0v) is 10.8. The minimum Gasteiger partial charge on any atom is -0.469 e. The number of alkyl carbamates (subject to hydrolysis) is 1. The monoisotopic (exact) mass is 327 g/mol. The molecule has 0 bridgehead atoms. The van der Waals surface area contributed by atoms with E-state index in [1.807, 2.05) is 6.92 Å². The molecule has 1 N–H and O–H groups in total. The van der Waals surface area contributed by atoms with Crippen LogP contribution in [-0.4, -0.2) is 35.2 Å². The molecule has 1 saturated heterocycles. The molecule has 5 nitrogen and oxygen atoms in total. The van der Waals surface area contributed by atoms with Gasteiger partial charge >= 0.3 is 12.1 Å². The third-order valence-corrected chi connectivity index (χ3v) is 3.05.